The van der Waals surface area contributed by atoms with Crippen LogP contribution in [0.4, 0.5) is 23.5 Å². The summed E-state index contributed by atoms with van der Waals surface area (Å²) in [4.78, 5) is 14.8. The van der Waals surface area contributed by atoms with E-state index in [-0.39, 0.29) is 4.90 Å². The molecule has 0 unspecified atom stereocenters. The lowest BCUT2D eigenvalue weighted by Gasteiger charge is -2.21. The molecule has 2 N–H and O–H groups in total. The van der Waals surface area contributed by atoms with Gasteiger partial charge in [-0.2, -0.15) is 18.3 Å². The predicted molar refractivity (Wildman–Crippen MR) is 87.9 cm³/mol. The van der Waals surface area contributed by atoms with Gasteiger partial charge in [0, 0.05) is 5.59 Å². The third-order valence-corrected chi connectivity index (χ3v) is 5.27. The number of alkyl halides is 3. The summed E-state index contributed by atoms with van der Waals surface area (Å²) >= 11 is 0. The smallest absolute Gasteiger partial charge is 0.379 e. The van der Waals surface area contributed by atoms with E-state index < -0.39 is 56.3 Å². The Bertz CT molecular complexity index is 997. The van der Waals surface area contributed by atoms with Crippen molar-refractivity contribution in [3.8, 4) is 0 Å². The standard InChI is InChI=1S/C14H11BF4N4O4S/c1-13(25,6-28(26,27)8-4-2-7(16)3-5-8)11(24)21-12-20-9(14(17,18)19)10(15)22-23-12/h2-5,25H,6H2,1H3,(H,20,21,23,24)/t13-/m0/s1. The maximum atomic E-state index is 12.9. The molecule has 2 aromatic rings. The summed E-state index contributed by atoms with van der Waals surface area (Å²) in [5.74, 6) is -4.19. The van der Waals surface area contributed by atoms with Crippen molar-refractivity contribution in [3.05, 3.63) is 35.8 Å². The monoisotopic (exact) mass is 418 g/mol. The van der Waals surface area contributed by atoms with Gasteiger partial charge in [0.15, 0.2) is 21.1 Å². The van der Waals surface area contributed by atoms with Gasteiger partial charge in [0.1, 0.15) is 13.7 Å². The minimum absolute atomic E-state index is 0.369. The Balaban J connectivity index is 2.22. The number of rotatable bonds is 5. The molecule has 1 heterocycles. The number of halogens is 4. The van der Waals surface area contributed by atoms with Crippen LogP contribution in [0.2, 0.25) is 0 Å². The van der Waals surface area contributed by atoms with E-state index in [9.17, 15) is 35.9 Å². The van der Waals surface area contributed by atoms with Gasteiger partial charge in [-0.15, -0.1) is 5.10 Å². The van der Waals surface area contributed by atoms with Gasteiger partial charge in [-0.3, -0.25) is 10.1 Å². The van der Waals surface area contributed by atoms with Crippen LogP contribution >= 0.6 is 0 Å². The van der Waals surface area contributed by atoms with Crippen LogP contribution in [0.1, 0.15) is 12.6 Å². The number of sulfone groups is 1. The lowest BCUT2D eigenvalue weighted by molar-refractivity contribution is -0.140. The molecule has 14 heteroatoms. The minimum Gasteiger partial charge on any atom is -0.379 e. The van der Waals surface area contributed by atoms with Crippen LogP contribution in [-0.4, -0.2) is 53.8 Å². The quantitative estimate of drug-likeness (QED) is 0.398. The third-order valence-electron chi connectivity index (χ3n) is 3.34. The molecule has 0 aliphatic heterocycles. The third kappa shape index (κ3) is 5.01. The summed E-state index contributed by atoms with van der Waals surface area (Å²) < 4.78 is 75.7. The fourth-order valence-electron chi connectivity index (χ4n) is 1.99. The lowest BCUT2D eigenvalue weighted by Crippen LogP contribution is -2.46. The first-order valence-corrected chi connectivity index (χ1v) is 8.97. The van der Waals surface area contributed by atoms with Crippen LogP contribution < -0.4 is 10.9 Å². The van der Waals surface area contributed by atoms with Gasteiger partial charge < -0.3 is 5.11 Å². The SMILES string of the molecule is [B]c1nnc(NC(=O)[C@@](C)(O)CS(=O)(=O)c2ccc(F)cc2)nc1C(F)(F)F. The summed E-state index contributed by atoms with van der Waals surface area (Å²) in [6.07, 6.45) is -4.98. The first-order chi connectivity index (χ1) is 12.7. The number of hydrogen-bond acceptors (Lipinski definition) is 7. The van der Waals surface area contributed by atoms with Crippen molar-refractivity contribution < 1.29 is 35.9 Å². The molecule has 8 nitrogen and oxygen atoms in total. The molecular formula is C14H11BF4N4O4S. The maximum absolute atomic E-state index is 12.9. The summed E-state index contributed by atoms with van der Waals surface area (Å²) in [6.45, 7) is 0.818. The Hall–Kier alpha value is -2.61. The fraction of sp³-hybridized carbons (Fsp3) is 0.286. The molecule has 0 aliphatic rings. The number of carbonyl (C=O) groups is 1. The van der Waals surface area contributed by atoms with Crippen molar-refractivity contribution in [1.82, 2.24) is 15.2 Å². The van der Waals surface area contributed by atoms with Crippen LogP contribution in [-0.2, 0) is 20.8 Å². The molecule has 0 spiro atoms. The van der Waals surface area contributed by atoms with Crippen molar-refractivity contribution >= 4 is 35.1 Å². The molecule has 0 fully saturated rings. The molecule has 0 bridgehead atoms. The van der Waals surface area contributed by atoms with Crippen LogP contribution in [0.15, 0.2) is 29.2 Å². The molecule has 0 aliphatic carbocycles. The average molecular weight is 418 g/mol. The Labute approximate surface area is 157 Å². The van der Waals surface area contributed by atoms with Gasteiger partial charge in [-0.25, -0.2) is 17.8 Å². The number of amides is 1. The Kier molecular flexibility index (Phi) is 5.76. The molecule has 2 rings (SSSR count). The van der Waals surface area contributed by atoms with Crippen LogP contribution in [0.5, 0.6) is 0 Å². The summed E-state index contributed by atoms with van der Waals surface area (Å²) in [7, 11) is 0.782. The molecule has 1 amide bonds. The first kappa shape index (κ1) is 21.7. The van der Waals surface area contributed by atoms with E-state index in [4.69, 9.17) is 7.85 Å². The van der Waals surface area contributed by atoms with E-state index >= 15 is 0 Å². The maximum Gasteiger partial charge on any atom is 0.434 e. The van der Waals surface area contributed by atoms with Crippen molar-refractivity contribution in [2.24, 2.45) is 0 Å². The van der Waals surface area contributed by atoms with E-state index in [2.05, 4.69) is 15.2 Å². The van der Waals surface area contributed by atoms with Gasteiger partial charge in [0.05, 0.1) is 10.6 Å². The summed E-state index contributed by atoms with van der Waals surface area (Å²) in [6, 6.07) is 3.60. The zero-order valence-electron chi connectivity index (χ0n) is 14.0. The van der Waals surface area contributed by atoms with Gasteiger partial charge in [-0.1, -0.05) is 0 Å². The van der Waals surface area contributed by atoms with E-state index in [0.717, 1.165) is 31.2 Å². The highest BCUT2D eigenvalue weighted by Crippen LogP contribution is 2.26. The Morgan fingerprint density at radius 2 is 1.79 bits per heavy atom. The van der Waals surface area contributed by atoms with Crippen molar-refractivity contribution in [1.29, 1.82) is 0 Å². The van der Waals surface area contributed by atoms with Crippen LogP contribution in [0.25, 0.3) is 0 Å². The first-order valence-electron chi connectivity index (χ1n) is 7.32. The lowest BCUT2D eigenvalue weighted by atomic mass is 10.0. The van der Waals surface area contributed by atoms with Crippen molar-refractivity contribution in [2.75, 3.05) is 11.1 Å². The summed E-state index contributed by atoms with van der Waals surface area (Å²) in [5, 5.41) is 18.1. The van der Waals surface area contributed by atoms with Crippen LogP contribution in [0, 0.1) is 5.82 Å². The van der Waals surface area contributed by atoms with E-state index in [0.29, 0.717) is 0 Å². The van der Waals surface area contributed by atoms with Gasteiger partial charge in [0.25, 0.3) is 5.91 Å². The zero-order valence-corrected chi connectivity index (χ0v) is 14.8. The zero-order chi connectivity index (χ0) is 21.3. The highest BCUT2D eigenvalue weighted by atomic mass is 32.2. The summed E-state index contributed by atoms with van der Waals surface area (Å²) in [5.41, 5.74) is -5.23. The molecule has 1 aromatic carbocycles. The van der Waals surface area contributed by atoms with E-state index in [1.165, 1.54) is 0 Å². The second-order valence-corrected chi connectivity index (χ2v) is 7.80. The number of carbonyl (C=O) groups excluding carboxylic acids is 1. The minimum atomic E-state index is -4.98. The highest BCUT2D eigenvalue weighted by molar-refractivity contribution is 7.91. The average Bonchev–Trinajstić information content (AvgIpc) is 2.55. The van der Waals surface area contributed by atoms with Crippen molar-refractivity contribution in [2.45, 2.75) is 23.6 Å². The molecule has 28 heavy (non-hydrogen) atoms. The Morgan fingerprint density at radius 1 is 1.21 bits per heavy atom. The van der Waals surface area contributed by atoms with E-state index in [1.807, 2.05) is 0 Å². The van der Waals surface area contributed by atoms with Crippen molar-refractivity contribution in [3.63, 3.8) is 0 Å². The highest BCUT2D eigenvalue weighted by Gasteiger charge is 2.39. The van der Waals surface area contributed by atoms with E-state index in [1.54, 1.807) is 5.32 Å². The number of aromatic nitrogens is 3. The fourth-order valence-corrected chi connectivity index (χ4v) is 3.58. The van der Waals surface area contributed by atoms with Crippen LogP contribution in [0.3, 0.4) is 0 Å². The number of aliphatic hydroxyl groups is 1. The molecular weight excluding hydrogens is 407 g/mol. The molecule has 148 valence electrons. The predicted octanol–water partition coefficient (Wildman–Crippen LogP) is -0.0133. The van der Waals surface area contributed by atoms with Gasteiger partial charge in [0.2, 0.25) is 5.95 Å². The molecule has 1 atom stereocenters. The number of nitrogens with one attached hydrogen (secondary N) is 1. The molecule has 0 saturated carbocycles. The molecule has 1 aromatic heterocycles. The number of hydrogen-bond donors (Lipinski definition) is 2. The second-order valence-electron chi connectivity index (χ2n) is 5.81. The van der Waals surface area contributed by atoms with Gasteiger partial charge in [-0.05, 0) is 31.2 Å². The topological polar surface area (TPSA) is 122 Å². The Morgan fingerprint density at radius 3 is 2.32 bits per heavy atom. The van der Waals surface area contributed by atoms with Gasteiger partial charge >= 0.3 is 6.18 Å². The number of anilines is 1. The normalized spacial score (nSPS) is 14.4. The molecule has 2 radical (unpaired) electrons. The largest absolute Gasteiger partial charge is 0.434 e. The molecule has 0 saturated heterocycles. The number of nitrogens with zero attached hydrogens (tertiary/aromatic N) is 3. The number of benzene rings is 1. The second kappa shape index (κ2) is 7.43.